The molecule has 9 aromatic heterocycles. The van der Waals surface area contributed by atoms with E-state index in [0.717, 1.165) is 22.6 Å². The summed E-state index contributed by atoms with van der Waals surface area (Å²) in [4.78, 5) is 136. The lowest BCUT2D eigenvalue weighted by Gasteiger charge is -2.41. The largest absolute Gasteiger partial charge is 0.405 e. The van der Waals surface area contributed by atoms with Crippen molar-refractivity contribution in [2.24, 2.45) is 5.41 Å². The second-order valence-electron chi connectivity index (χ2n) is 26.0. The van der Waals surface area contributed by atoms with Crippen molar-refractivity contribution in [2.75, 3.05) is 114 Å². The summed E-state index contributed by atoms with van der Waals surface area (Å²) in [6, 6.07) is 11.9. The summed E-state index contributed by atoms with van der Waals surface area (Å²) in [5, 5.41) is 11.0. The van der Waals surface area contributed by atoms with E-state index in [-0.39, 0.29) is 90.7 Å². The molecule has 12 rings (SSSR count). The highest BCUT2D eigenvalue weighted by molar-refractivity contribution is 5.95. The Morgan fingerprint density at radius 1 is 0.476 bits per heavy atom. The molecule has 0 radical (unpaired) electrons. The van der Waals surface area contributed by atoms with Crippen LogP contribution < -0.4 is 36.0 Å². The number of aromatic nitrogens is 12. The van der Waals surface area contributed by atoms with E-state index in [0.29, 0.717) is 81.6 Å². The topological polar surface area (TPSA) is 337 Å². The quantitative estimate of drug-likeness (QED) is 0.0471. The molecule has 3 atom stereocenters. The fourth-order valence-electron chi connectivity index (χ4n) is 11.9. The van der Waals surface area contributed by atoms with Gasteiger partial charge in [0, 0.05) is 164 Å². The molecule has 29 nitrogen and oxygen atoms in total. The van der Waals surface area contributed by atoms with Crippen molar-refractivity contribution in [1.29, 1.82) is 0 Å². The van der Waals surface area contributed by atoms with Crippen molar-refractivity contribution >= 4 is 86.2 Å². The molecule has 0 bridgehead atoms. The van der Waals surface area contributed by atoms with Crippen molar-refractivity contribution in [1.82, 2.24) is 101 Å². The zero-order valence-corrected chi connectivity index (χ0v) is 57.7. The molecule has 9 aromatic rings. The van der Waals surface area contributed by atoms with E-state index < -0.39 is 74.0 Å². The standard InChI is InChI=1S/C24H28F3N7O2.C22H25F3N8O2.C21H23F3N8O2.6H2/c1-23(2,3)11-19(35)33-9-10-34(17(13-33)22(36)31-14-24(25,26)27)18-6-8-29-21(32-18)16-12-30-20-15(16)5-4-7-28-20;1-2-6-28-21(35)32-9-10-33(16(12-32)20(34)30-13-22(23,24)25)17-5-8-27-19(31-17)15-11-29-18-14(15)4-3-7-26-18;1-30(2)20(34)31-8-9-32(15(11-31)19(33)28-12-21(22,23)24)16-5-7-26-18(29-16)14-10-27-17-13(14)4-3-6-25-17;;;;;;/h4-8,12,17H,9-11,13-14H2,1-3H3,(H,28,30)(H,31,36);3-5,7-8,11,16H,2,6,9-10,12-13H2,1H3,(H,26,29)(H,28,35)(H,30,34);3-7,10,15H,8-9,11-12H2,1-2H3,(H,25,27)(H,28,33);6*1H/t17-;16-;15-;;;;;;/m111....../s1. The second-order valence-corrected chi connectivity index (χ2v) is 26.0. The number of H-pyrrole nitrogens is 3. The number of halogens is 9. The predicted molar refractivity (Wildman–Crippen MR) is 381 cm³/mol. The maximum absolute atomic E-state index is 12.9. The van der Waals surface area contributed by atoms with E-state index in [1.165, 1.54) is 38.2 Å². The van der Waals surface area contributed by atoms with E-state index in [9.17, 15) is 68.3 Å². The van der Waals surface area contributed by atoms with Crippen LogP contribution in [0, 0.1) is 5.41 Å². The zero-order valence-electron chi connectivity index (χ0n) is 57.7. The molecule has 105 heavy (non-hydrogen) atoms. The maximum atomic E-state index is 12.9. The van der Waals surface area contributed by atoms with Crippen molar-refractivity contribution in [2.45, 2.75) is 77.2 Å². The summed E-state index contributed by atoms with van der Waals surface area (Å²) in [7, 11) is 3.14. The smallest absolute Gasteiger partial charge is 0.345 e. The molecule has 0 aliphatic carbocycles. The van der Waals surface area contributed by atoms with Gasteiger partial charge < -0.3 is 70.5 Å². The fourth-order valence-corrected chi connectivity index (χ4v) is 11.9. The van der Waals surface area contributed by atoms with Gasteiger partial charge in [-0.05, 0) is 66.4 Å². The summed E-state index contributed by atoms with van der Waals surface area (Å²) in [6.45, 7) is 5.04. The molecule has 12 heterocycles. The van der Waals surface area contributed by atoms with Crippen molar-refractivity contribution in [3.63, 3.8) is 0 Å². The van der Waals surface area contributed by atoms with E-state index in [2.05, 4.69) is 65.1 Å². The monoisotopic (exact) mass is 1480 g/mol. The third-order valence-corrected chi connectivity index (χ3v) is 16.8. The predicted octanol–water partition coefficient (Wildman–Crippen LogP) is 8.81. The van der Waals surface area contributed by atoms with Gasteiger partial charge in [0.2, 0.25) is 23.6 Å². The van der Waals surface area contributed by atoms with Gasteiger partial charge in [-0.25, -0.2) is 54.4 Å². The molecule has 570 valence electrons. The van der Waals surface area contributed by atoms with E-state index in [4.69, 9.17) is 0 Å². The summed E-state index contributed by atoms with van der Waals surface area (Å²) in [5.41, 5.74) is 3.82. The van der Waals surface area contributed by atoms with Gasteiger partial charge in [0.15, 0.2) is 17.5 Å². The minimum absolute atomic E-state index is 0. The van der Waals surface area contributed by atoms with Gasteiger partial charge in [-0.3, -0.25) is 19.2 Å². The lowest BCUT2D eigenvalue weighted by Crippen LogP contribution is -2.62. The Balaban J connectivity index is 0.000000342. The maximum Gasteiger partial charge on any atom is 0.405 e. The first-order valence-corrected chi connectivity index (χ1v) is 33.2. The zero-order chi connectivity index (χ0) is 75.5. The number of anilines is 3. The molecule has 0 aromatic carbocycles. The lowest BCUT2D eigenvalue weighted by atomic mass is 9.91. The molecule has 3 aliphatic rings. The molecule has 0 spiro atoms. The summed E-state index contributed by atoms with van der Waals surface area (Å²) >= 11 is 0. The lowest BCUT2D eigenvalue weighted by molar-refractivity contribution is -0.141. The number of piperazine rings is 3. The molecule has 3 fully saturated rings. The Labute approximate surface area is 603 Å². The Morgan fingerprint density at radius 2 is 0.819 bits per heavy atom. The van der Waals surface area contributed by atoms with Gasteiger partial charge in [0.25, 0.3) is 0 Å². The van der Waals surface area contributed by atoms with Gasteiger partial charge in [-0.15, -0.1) is 0 Å². The van der Waals surface area contributed by atoms with E-state index in [1.807, 2.05) is 61.8 Å². The number of pyridine rings is 3. The minimum atomic E-state index is -4.56. The highest BCUT2D eigenvalue weighted by atomic mass is 19.4. The average Bonchev–Trinajstić information content (AvgIpc) is 1.79. The normalized spacial score (nSPS) is 16.6. The van der Waals surface area contributed by atoms with Gasteiger partial charge in [-0.2, -0.15) is 39.5 Å². The third-order valence-electron chi connectivity index (χ3n) is 16.8. The second kappa shape index (κ2) is 32.4. The first-order valence-electron chi connectivity index (χ1n) is 33.2. The number of urea groups is 2. The van der Waals surface area contributed by atoms with Crippen LogP contribution in [0.15, 0.2) is 110 Å². The number of carbonyl (C=O) groups is 6. The summed E-state index contributed by atoms with van der Waals surface area (Å²) in [6.07, 6.45) is 2.04. The first-order chi connectivity index (χ1) is 49.8. The van der Waals surface area contributed by atoms with Crippen LogP contribution >= 0.6 is 0 Å². The fraction of sp³-hybridized carbons (Fsp3) is 0.418. The van der Waals surface area contributed by atoms with Crippen molar-refractivity contribution in [3.8, 4) is 34.2 Å². The molecule has 38 heteroatoms. The van der Waals surface area contributed by atoms with Gasteiger partial charge >= 0.3 is 30.6 Å². The van der Waals surface area contributed by atoms with Crippen molar-refractivity contribution in [3.05, 3.63) is 110 Å². The van der Waals surface area contributed by atoms with Gasteiger partial charge in [-0.1, -0.05) is 27.7 Å². The summed E-state index contributed by atoms with van der Waals surface area (Å²) < 4.78 is 115. The van der Waals surface area contributed by atoms with Crippen LogP contribution in [-0.4, -0.2) is 251 Å². The summed E-state index contributed by atoms with van der Waals surface area (Å²) in [5.74, 6) is -0.404. The van der Waals surface area contributed by atoms with Gasteiger partial charge in [0.05, 0.1) is 19.6 Å². The van der Waals surface area contributed by atoms with E-state index in [1.54, 1.807) is 102 Å². The number of alkyl halides is 9. The Bertz CT molecular complexity index is 4580. The number of aromatic amines is 3. The number of nitrogens with one attached hydrogen (secondary N) is 7. The van der Waals surface area contributed by atoms with Gasteiger partial charge in [0.1, 0.15) is 72.2 Å². The minimum Gasteiger partial charge on any atom is -0.345 e. The van der Waals surface area contributed by atoms with Crippen LogP contribution in [0.5, 0.6) is 0 Å². The molecular weight excluding hydrogens is 1390 g/mol. The number of hydrogen-bond acceptors (Lipinski definition) is 18. The number of fused-ring (bicyclic) bond motifs is 3. The number of carbonyl (C=O) groups excluding carboxylic acids is 6. The molecule has 0 unspecified atom stereocenters. The van der Waals surface area contributed by atoms with Crippen LogP contribution in [0.1, 0.15) is 49.1 Å². The highest BCUT2D eigenvalue weighted by Crippen LogP contribution is 2.32. The molecule has 3 aliphatic heterocycles. The van der Waals surface area contributed by atoms with Crippen LogP contribution in [0.3, 0.4) is 0 Å². The molecular formula is C67H88F9N23O6. The molecule has 0 saturated carbocycles. The molecule has 3 saturated heterocycles. The number of rotatable bonds is 15. The van der Waals surface area contributed by atoms with Crippen LogP contribution in [0.2, 0.25) is 0 Å². The highest BCUT2D eigenvalue weighted by Gasteiger charge is 2.42. The Morgan fingerprint density at radius 3 is 1.16 bits per heavy atom. The average molecular weight is 1480 g/mol. The van der Waals surface area contributed by atoms with Crippen LogP contribution in [0.4, 0.5) is 66.6 Å². The number of amides is 8. The van der Waals surface area contributed by atoms with Crippen molar-refractivity contribution < 1.29 is 76.8 Å². The Hall–Kier alpha value is -11.5. The third kappa shape index (κ3) is 19.6. The number of nitrogens with zero attached hydrogens (tertiary/aromatic N) is 16. The van der Waals surface area contributed by atoms with Crippen LogP contribution in [0.25, 0.3) is 67.3 Å². The van der Waals surface area contributed by atoms with Crippen LogP contribution in [-0.2, 0) is 19.2 Å². The molecule has 7 N–H and O–H groups in total. The SMILES string of the molecule is CC(C)(C)CC(=O)N1CCN(c2ccnc(-c3c[nH]c4ncccc34)n2)[C@@H](C(=O)NCC(F)(F)F)C1.CCCNC(=O)N1CCN(c2ccnc(-c3c[nH]c4ncccc34)n2)[C@@H](C(=O)NCC(F)(F)F)C1.CN(C)C(=O)N1CCN(c2ccnc(-c3c[nH]c4ncccc34)n2)[C@@H](C(=O)NCC(F)(F)F)C1.[HH].[HH].[HH].[HH].[HH].[HH]. The molecule has 8 amide bonds. The first kappa shape index (κ1) is 76.1. The number of hydrogen-bond donors (Lipinski definition) is 7. The Kier molecular flexibility index (Phi) is 23.5. The van der Waals surface area contributed by atoms with E-state index >= 15 is 0 Å².